The molecule has 0 spiro atoms. The summed E-state index contributed by atoms with van der Waals surface area (Å²) < 4.78 is 13.0. The first kappa shape index (κ1) is 13.7. The average molecular weight is 271 g/mol. The number of nitrogens with zero attached hydrogens (tertiary/aromatic N) is 1. The van der Waals surface area contributed by atoms with Gasteiger partial charge in [-0.15, -0.1) is 6.58 Å². The van der Waals surface area contributed by atoms with E-state index in [4.69, 9.17) is 0 Å². The lowest BCUT2D eigenvalue weighted by Crippen LogP contribution is -2.13. The zero-order valence-corrected chi connectivity index (χ0v) is 10.8. The van der Waals surface area contributed by atoms with Gasteiger partial charge in [0.25, 0.3) is 5.91 Å². The molecule has 0 saturated heterocycles. The zero-order chi connectivity index (χ0) is 14.4. The van der Waals surface area contributed by atoms with Crippen LogP contribution in [0.2, 0.25) is 0 Å². The van der Waals surface area contributed by atoms with Gasteiger partial charge >= 0.3 is 0 Å². The molecule has 0 fully saturated rings. The van der Waals surface area contributed by atoms with Gasteiger partial charge in [-0.3, -0.25) is 4.79 Å². The van der Waals surface area contributed by atoms with Crippen LogP contribution in [0.4, 0.5) is 15.9 Å². The van der Waals surface area contributed by atoms with Gasteiger partial charge in [0, 0.05) is 12.1 Å². The lowest BCUT2D eigenvalue weighted by molar-refractivity contribution is 0.102. The molecule has 1 amide bonds. The molecule has 0 atom stereocenters. The molecule has 20 heavy (non-hydrogen) atoms. The Morgan fingerprint density at radius 2 is 2.20 bits per heavy atom. The molecule has 0 unspecified atom stereocenters. The van der Waals surface area contributed by atoms with Crippen LogP contribution in [-0.4, -0.2) is 17.4 Å². The van der Waals surface area contributed by atoms with E-state index in [0.29, 0.717) is 12.4 Å². The van der Waals surface area contributed by atoms with Crippen LogP contribution in [0.1, 0.15) is 10.4 Å². The number of aromatic nitrogens is 1. The smallest absolute Gasteiger partial charge is 0.256 e. The Morgan fingerprint density at radius 3 is 2.85 bits per heavy atom. The lowest BCUT2D eigenvalue weighted by Gasteiger charge is -2.06. The Hall–Kier alpha value is -2.69. The maximum atomic E-state index is 13.0. The van der Waals surface area contributed by atoms with Gasteiger partial charge in [0.15, 0.2) is 0 Å². The van der Waals surface area contributed by atoms with Crippen molar-refractivity contribution < 1.29 is 9.18 Å². The number of hydrogen-bond acceptors (Lipinski definition) is 3. The van der Waals surface area contributed by atoms with Crippen LogP contribution < -0.4 is 10.6 Å². The Bertz CT molecular complexity index is 611. The van der Waals surface area contributed by atoms with Crippen molar-refractivity contribution in [2.24, 2.45) is 0 Å². The van der Waals surface area contributed by atoms with Crippen molar-refractivity contribution in [3.8, 4) is 0 Å². The highest BCUT2D eigenvalue weighted by Gasteiger charge is 2.07. The van der Waals surface area contributed by atoms with Crippen molar-refractivity contribution >= 4 is 17.4 Å². The molecule has 2 N–H and O–H groups in total. The lowest BCUT2D eigenvalue weighted by atomic mass is 10.2. The van der Waals surface area contributed by atoms with Crippen LogP contribution in [0.5, 0.6) is 0 Å². The molecule has 0 bridgehead atoms. The summed E-state index contributed by atoms with van der Waals surface area (Å²) in [5.41, 5.74) is 1.08. The van der Waals surface area contributed by atoms with Gasteiger partial charge in [-0.05, 0) is 30.3 Å². The molecule has 0 aliphatic rings. The number of nitrogens with one attached hydrogen (secondary N) is 2. The summed E-state index contributed by atoms with van der Waals surface area (Å²) in [5, 5.41) is 5.68. The largest absolute Gasteiger partial charge is 0.380 e. The Morgan fingerprint density at radius 1 is 1.35 bits per heavy atom. The number of rotatable bonds is 5. The van der Waals surface area contributed by atoms with Crippen molar-refractivity contribution in [2.45, 2.75) is 0 Å². The molecule has 4 nitrogen and oxygen atoms in total. The number of carbonyl (C=O) groups excluding carboxylic acids is 1. The maximum absolute atomic E-state index is 13.0. The summed E-state index contributed by atoms with van der Waals surface area (Å²) in [6, 6.07) is 8.95. The van der Waals surface area contributed by atoms with E-state index in [2.05, 4.69) is 22.2 Å². The zero-order valence-electron chi connectivity index (χ0n) is 10.8. The molecular weight excluding hydrogens is 257 g/mol. The summed E-state index contributed by atoms with van der Waals surface area (Å²) in [4.78, 5) is 16.0. The molecule has 5 heteroatoms. The Labute approximate surface area is 116 Å². The molecule has 102 valence electrons. The Kier molecular flexibility index (Phi) is 4.44. The van der Waals surface area contributed by atoms with E-state index in [1.54, 1.807) is 30.5 Å². The van der Waals surface area contributed by atoms with E-state index in [-0.39, 0.29) is 5.56 Å². The third-order valence-corrected chi connectivity index (χ3v) is 2.54. The van der Waals surface area contributed by atoms with E-state index in [1.807, 2.05) is 0 Å². The number of halogens is 1. The quantitative estimate of drug-likeness (QED) is 0.822. The van der Waals surface area contributed by atoms with Gasteiger partial charge in [0.2, 0.25) is 0 Å². The second-order valence-corrected chi connectivity index (χ2v) is 4.07. The summed E-state index contributed by atoms with van der Waals surface area (Å²) in [6.45, 7) is 4.24. The highest BCUT2D eigenvalue weighted by Crippen LogP contribution is 2.11. The van der Waals surface area contributed by atoms with E-state index in [9.17, 15) is 9.18 Å². The molecule has 1 aromatic carbocycles. The van der Waals surface area contributed by atoms with Crippen LogP contribution in [0.3, 0.4) is 0 Å². The standard InChI is InChI=1S/C15H14FN3O/c1-2-8-17-13-6-7-14(18-10-13)19-15(20)11-4-3-5-12(16)9-11/h2-7,9-10,17H,1,8H2,(H,18,19,20). The van der Waals surface area contributed by atoms with Crippen LogP contribution in [-0.2, 0) is 0 Å². The van der Waals surface area contributed by atoms with Crippen molar-refractivity contribution in [3.05, 3.63) is 66.6 Å². The van der Waals surface area contributed by atoms with Crippen molar-refractivity contribution in [1.82, 2.24) is 4.98 Å². The van der Waals surface area contributed by atoms with Gasteiger partial charge < -0.3 is 10.6 Å². The predicted octanol–water partition coefficient (Wildman–Crippen LogP) is 3.07. The number of carbonyl (C=O) groups is 1. The number of amides is 1. The molecular formula is C15H14FN3O. The first-order valence-corrected chi connectivity index (χ1v) is 6.07. The fourth-order valence-electron chi connectivity index (χ4n) is 1.58. The molecule has 1 heterocycles. The van der Waals surface area contributed by atoms with Crippen molar-refractivity contribution in [1.29, 1.82) is 0 Å². The summed E-state index contributed by atoms with van der Waals surface area (Å²) >= 11 is 0. The van der Waals surface area contributed by atoms with Crippen LogP contribution in [0, 0.1) is 5.82 Å². The summed E-state index contributed by atoms with van der Waals surface area (Å²) in [6.07, 6.45) is 3.34. The van der Waals surface area contributed by atoms with Crippen LogP contribution >= 0.6 is 0 Å². The molecule has 0 radical (unpaired) electrons. The minimum Gasteiger partial charge on any atom is -0.380 e. The third kappa shape index (κ3) is 3.65. The van der Waals surface area contributed by atoms with Gasteiger partial charge in [0.05, 0.1) is 11.9 Å². The SMILES string of the molecule is C=CCNc1ccc(NC(=O)c2cccc(F)c2)nc1. The monoisotopic (exact) mass is 271 g/mol. The van der Waals surface area contributed by atoms with Crippen LogP contribution in [0.15, 0.2) is 55.3 Å². The van der Waals surface area contributed by atoms with Gasteiger partial charge in [-0.2, -0.15) is 0 Å². The second kappa shape index (κ2) is 6.47. The topological polar surface area (TPSA) is 54.0 Å². The predicted molar refractivity (Wildman–Crippen MR) is 77.3 cm³/mol. The van der Waals surface area contributed by atoms with Crippen molar-refractivity contribution in [2.75, 3.05) is 17.2 Å². The minimum absolute atomic E-state index is 0.251. The number of anilines is 2. The molecule has 2 aromatic rings. The molecule has 0 aliphatic carbocycles. The first-order valence-electron chi connectivity index (χ1n) is 6.07. The van der Waals surface area contributed by atoms with Gasteiger partial charge in [-0.1, -0.05) is 12.1 Å². The van der Waals surface area contributed by atoms with E-state index < -0.39 is 11.7 Å². The van der Waals surface area contributed by atoms with Crippen molar-refractivity contribution in [3.63, 3.8) is 0 Å². The van der Waals surface area contributed by atoms with Gasteiger partial charge in [0.1, 0.15) is 11.6 Å². The minimum atomic E-state index is -0.449. The van der Waals surface area contributed by atoms with E-state index >= 15 is 0 Å². The van der Waals surface area contributed by atoms with Gasteiger partial charge in [-0.25, -0.2) is 9.37 Å². The fraction of sp³-hybridized carbons (Fsp3) is 0.0667. The second-order valence-electron chi connectivity index (χ2n) is 4.07. The average Bonchev–Trinajstić information content (AvgIpc) is 2.46. The third-order valence-electron chi connectivity index (χ3n) is 2.54. The molecule has 1 aromatic heterocycles. The molecule has 2 rings (SSSR count). The summed E-state index contributed by atoms with van der Waals surface area (Å²) in [7, 11) is 0. The highest BCUT2D eigenvalue weighted by atomic mass is 19.1. The normalized spacial score (nSPS) is 9.85. The summed E-state index contributed by atoms with van der Waals surface area (Å²) in [5.74, 6) is -0.443. The number of hydrogen-bond donors (Lipinski definition) is 2. The van der Waals surface area contributed by atoms with Crippen LogP contribution in [0.25, 0.3) is 0 Å². The highest BCUT2D eigenvalue weighted by molar-refractivity contribution is 6.03. The number of benzene rings is 1. The van der Waals surface area contributed by atoms with E-state index in [0.717, 1.165) is 5.69 Å². The molecule has 0 saturated carbocycles. The molecule has 0 aliphatic heterocycles. The maximum Gasteiger partial charge on any atom is 0.256 e. The van der Waals surface area contributed by atoms with E-state index in [1.165, 1.54) is 18.2 Å². The fourth-order valence-corrected chi connectivity index (χ4v) is 1.58. The first-order chi connectivity index (χ1) is 9.69. The Balaban J connectivity index is 2.02. The number of pyridine rings is 1.